The zero-order valence-electron chi connectivity index (χ0n) is 18.4. The van der Waals surface area contributed by atoms with Crippen LogP contribution in [-0.4, -0.2) is 23.3 Å². The van der Waals surface area contributed by atoms with E-state index < -0.39 is 0 Å². The monoisotopic (exact) mass is 561 g/mol. The van der Waals surface area contributed by atoms with Crippen LogP contribution in [-0.2, 0) is 0 Å². The van der Waals surface area contributed by atoms with Crippen LogP contribution in [0.15, 0.2) is 7.57 Å². The van der Waals surface area contributed by atoms with Gasteiger partial charge in [0.1, 0.15) is 0 Å². The summed E-state index contributed by atoms with van der Waals surface area (Å²) in [6, 6.07) is 0. The van der Waals surface area contributed by atoms with Gasteiger partial charge in [0.25, 0.3) is 11.8 Å². The topological polar surface area (TPSA) is 37.4 Å². The number of hydrogen-bond donors (Lipinski definition) is 0. The maximum atomic E-state index is 12.5. The molecule has 1 aliphatic heterocycles. The van der Waals surface area contributed by atoms with Gasteiger partial charge in [-0.05, 0) is 38.3 Å². The lowest BCUT2D eigenvalue weighted by atomic mass is 10.0. The summed E-state index contributed by atoms with van der Waals surface area (Å²) in [5, 5.41) is 0. The summed E-state index contributed by atoms with van der Waals surface area (Å²) in [6.07, 6.45) is 21.1. The Morgan fingerprint density at radius 1 is 0.600 bits per heavy atom. The third-order valence-corrected chi connectivity index (χ3v) is 8.51. The summed E-state index contributed by atoms with van der Waals surface area (Å²) in [5.74, 6) is -0.297. The molecule has 0 aromatic carbocycles. The molecule has 0 unspecified atom stereocenters. The van der Waals surface area contributed by atoms with Crippen molar-refractivity contribution in [2.24, 2.45) is 0 Å². The fourth-order valence-electron chi connectivity index (χ4n) is 4.14. The molecule has 1 aromatic rings. The molecule has 0 spiro atoms. The lowest BCUT2D eigenvalue weighted by molar-refractivity contribution is 0.0651. The van der Waals surface area contributed by atoms with E-state index >= 15 is 0 Å². The highest BCUT2D eigenvalue weighted by Crippen LogP contribution is 2.41. The van der Waals surface area contributed by atoms with Crippen LogP contribution in [0.25, 0.3) is 0 Å². The van der Waals surface area contributed by atoms with Crippen LogP contribution in [0.4, 0.5) is 0 Å². The van der Waals surface area contributed by atoms with Gasteiger partial charge in [-0.2, -0.15) is 0 Å². The van der Waals surface area contributed by atoms with Gasteiger partial charge in [0, 0.05) is 6.54 Å². The highest BCUT2D eigenvalue weighted by molar-refractivity contribution is 9.12. The minimum Gasteiger partial charge on any atom is -0.274 e. The van der Waals surface area contributed by atoms with Crippen molar-refractivity contribution in [3.8, 4) is 0 Å². The molecule has 0 radical (unpaired) electrons. The number of carbonyl (C=O) groups excluding carboxylic acids is 2. The first-order chi connectivity index (χ1) is 14.6. The molecule has 0 aliphatic carbocycles. The Morgan fingerprint density at radius 3 is 1.30 bits per heavy atom. The Kier molecular flexibility index (Phi) is 12.8. The molecule has 0 bridgehead atoms. The first kappa shape index (κ1) is 26.1. The Morgan fingerprint density at radius 2 is 0.933 bits per heavy atom. The van der Waals surface area contributed by atoms with Gasteiger partial charge in [-0.25, -0.2) is 0 Å². The quantitative estimate of drug-likeness (QED) is 0.140. The van der Waals surface area contributed by atoms with Crippen molar-refractivity contribution in [1.29, 1.82) is 0 Å². The summed E-state index contributed by atoms with van der Waals surface area (Å²) in [7, 11) is 0. The van der Waals surface area contributed by atoms with Crippen molar-refractivity contribution in [1.82, 2.24) is 4.90 Å². The third-order valence-electron chi connectivity index (χ3n) is 5.98. The molecular weight excluding hydrogens is 526 g/mol. The van der Waals surface area contributed by atoms with Crippen LogP contribution in [0.3, 0.4) is 0 Å². The Labute approximate surface area is 203 Å². The van der Waals surface area contributed by atoms with Crippen LogP contribution in [0.5, 0.6) is 0 Å². The summed E-state index contributed by atoms with van der Waals surface area (Å²) < 4.78 is 1.49. The summed E-state index contributed by atoms with van der Waals surface area (Å²) in [4.78, 5) is 26.4. The smallest absolute Gasteiger partial charge is 0.263 e. The zero-order valence-corrected chi connectivity index (χ0v) is 22.4. The number of thiophene rings is 1. The second-order valence-electron chi connectivity index (χ2n) is 8.46. The van der Waals surface area contributed by atoms with E-state index in [4.69, 9.17) is 0 Å². The molecule has 2 rings (SSSR count). The molecule has 0 saturated heterocycles. The first-order valence-electron chi connectivity index (χ1n) is 11.9. The number of nitrogens with zero attached hydrogens (tertiary/aromatic N) is 1. The van der Waals surface area contributed by atoms with E-state index in [2.05, 4.69) is 38.8 Å². The largest absolute Gasteiger partial charge is 0.274 e. The second-order valence-corrected chi connectivity index (χ2v) is 12.1. The lowest BCUT2D eigenvalue weighted by Crippen LogP contribution is -2.31. The molecule has 0 fully saturated rings. The predicted molar refractivity (Wildman–Crippen MR) is 135 cm³/mol. The van der Waals surface area contributed by atoms with Gasteiger partial charge >= 0.3 is 0 Å². The van der Waals surface area contributed by atoms with Crippen molar-refractivity contribution >= 4 is 55.0 Å². The number of amides is 2. The third kappa shape index (κ3) is 8.05. The van der Waals surface area contributed by atoms with Crippen LogP contribution >= 0.6 is 43.2 Å². The molecule has 2 heterocycles. The average Bonchev–Trinajstić information content (AvgIpc) is 3.16. The Balaban J connectivity index is 1.41. The van der Waals surface area contributed by atoms with E-state index in [1.807, 2.05) is 0 Å². The van der Waals surface area contributed by atoms with Gasteiger partial charge in [-0.3, -0.25) is 14.5 Å². The predicted octanol–water partition coefficient (Wildman–Crippen LogP) is 9.13. The zero-order chi connectivity index (χ0) is 21.8. The fraction of sp³-hybridized carbons (Fsp3) is 0.750. The molecular formula is C24H37Br2NO2S. The minimum atomic E-state index is -0.148. The summed E-state index contributed by atoms with van der Waals surface area (Å²) >= 11 is 8.20. The summed E-state index contributed by atoms with van der Waals surface area (Å²) in [5.41, 5.74) is 1.07. The molecule has 0 atom stereocenters. The fourth-order valence-corrected chi connectivity index (χ4v) is 7.24. The normalized spacial score (nSPS) is 13.5. The average molecular weight is 563 g/mol. The van der Waals surface area contributed by atoms with Crippen molar-refractivity contribution in [3.63, 3.8) is 0 Å². The minimum absolute atomic E-state index is 0.148. The Bertz CT molecular complexity index is 638. The molecule has 3 nitrogen and oxygen atoms in total. The number of carbonyl (C=O) groups is 2. The van der Waals surface area contributed by atoms with Crippen LogP contribution < -0.4 is 0 Å². The number of imide groups is 1. The molecule has 170 valence electrons. The molecule has 30 heavy (non-hydrogen) atoms. The van der Waals surface area contributed by atoms with Gasteiger partial charge in [0.05, 0.1) is 18.7 Å². The molecule has 6 heteroatoms. The van der Waals surface area contributed by atoms with Crippen molar-refractivity contribution in [2.75, 3.05) is 6.54 Å². The van der Waals surface area contributed by atoms with Crippen molar-refractivity contribution in [2.45, 2.75) is 110 Å². The molecule has 2 amide bonds. The van der Waals surface area contributed by atoms with E-state index in [1.54, 1.807) is 0 Å². The molecule has 1 aromatic heterocycles. The number of fused-ring (bicyclic) bond motifs is 1. The van der Waals surface area contributed by atoms with E-state index in [0.717, 1.165) is 20.4 Å². The van der Waals surface area contributed by atoms with Gasteiger partial charge in [0.2, 0.25) is 0 Å². The SMILES string of the molecule is CCCCCCCCCCCCCCCCCCN1C(=O)c2c(Br)sc(Br)c2C1=O. The second kappa shape index (κ2) is 14.8. The number of halogens is 2. The number of rotatable bonds is 17. The van der Waals surface area contributed by atoms with Crippen LogP contribution in [0.2, 0.25) is 0 Å². The van der Waals surface area contributed by atoms with E-state index in [9.17, 15) is 9.59 Å². The standard InChI is InChI=1S/C24H37Br2NO2S/c1-2-3-4-5-6-7-8-9-10-11-12-13-14-15-16-17-18-27-23(28)19-20(24(27)29)22(26)30-21(19)25/h2-18H2,1H3. The number of unbranched alkanes of at least 4 members (excludes halogenated alkanes) is 15. The summed E-state index contributed by atoms with van der Waals surface area (Å²) in [6.45, 7) is 2.81. The Hall–Kier alpha value is -0.200. The van der Waals surface area contributed by atoms with E-state index in [0.29, 0.717) is 17.7 Å². The van der Waals surface area contributed by atoms with Crippen molar-refractivity contribution < 1.29 is 9.59 Å². The van der Waals surface area contributed by atoms with Crippen LogP contribution in [0, 0.1) is 0 Å². The van der Waals surface area contributed by atoms with Gasteiger partial charge in [-0.1, -0.05) is 103 Å². The van der Waals surface area contributed by atoms with Crippen LogP contribution in [0.1, 0.15) is 130 Å². The maximum absolute atomic E-state index is 12.5. The maximum Gasteiger partial charge on any atom is 0.263 e. The highest BCUT2D eigenvalue weighted by atomic mass is 79.9. The number of hydrogen-bond acceptors (Lipinski definition) is 3. The lowest BCUT2D eigenvalue weighted by Gasteiger charge is -2.14. The van der Waals surface area contributed by atoms with Gasteiger partial charge in [-0.15, -0.1) is 11.3 Å². The molecule has 1 aliphatic rings. The van der Waals surface area contributed by atoms with Gasteiger partial charge < -0.3 is 0 Å². The highest BCUT2D eigenvalue weighted by Gasteiger charge is 2.40. The van der Waals surface area contributed by atoms with E-state index in [1.165, 1.54) is 106 Å². The van der Waals surface area contributed by atoms with E-state index in [-0.39, 0.29) is 11.8 Å². The van der Waals surface area contributed by atoms with Gasteiger partial charge in [0.15, 0.2) is 0 Å². The first-order valence-corrected chi connectivity index (χ1v) is 14.3. The van der Waals surface area contributed by atoms with Crippen molar-refractivity contribution in [3.05, 3.63) is 18.7 Å². The molecule has 0 saturated carbocycles. The molecule has 0 N–H and O–H groups in total.